The molecule has 2 nitrogen and oxygen atoms in total. The molecule has 0 atom stereocenters. The van der Waals surface area contributed by atoms with Crippen LogP contribution in [0, 0.1) is 24.7 Å². The van der Waals surface area contributed by atoms with Crippen molar-refractivity contribution in [3.8, 4) is 11.8 Å². The molecule has 1 aliphatic rings. The van der Waals surface area contributed by atoms with E-state index in [0.29, 0.717) is 18.9 Å². The Kier molecular flexibility index (Phi) is 5.24. The summed E-state index contributed by atoms with van der Waals surface area (Å²) in [6, 6.07) is 6.27. The van der Waals surface area contributed by atoms with E-state index in [1.54, 1.807) is 6.92 Å². The quantitative estimate of drug-likeness (QED) is 0.839. The number of aryl methyl sites for hydroxylation is 1. The Morgan fingerprint density at radius 2 is 2.10 bits per heavy atom. The van der Waals surface area contributed by atoms with E-state index < -0.39 is 0 Å². The molecule has 0 bridgehead atoms. The zero-order chi connectivity index (χ0) is 14.4. The van der Waals surface area contributed by atoms with E-state index >= 15 is 0 Å². The van der Waals surface area contributed by atoms with Gasteiger partial charge in [0.15, 0.2) is 0 Å². The van der Waals surface area contributed by atoms with Crippen LogP contribution in [0.1, 0.15) is 50.2 Å². The molecule has 1 aromatic carbocycles. The standard InChI is InChI=1S/C18H23NO/c1-14-7-10-18(19-12-11-15(2)20)17(13-14)9-8-16-5-3-4-6-16/h7,10,13,16,19H,3-6,11-12H2,1-2H3. The molecule has 1 N–H and O–H groups in total. The van der Waals surface area contributed by atoms with E-state index in [1.807, 2.05) is 0 Å². The van der Waals surface area contributed by atoms with Gasteiger partial charge in [-0.25, -0.2) is 0 Å². The number of nitrogens with one attached hydrogen (secondary N) is 1. The predicted octanol–water partition coefficient (Wildman–Crippen LogP) is 3.93. The lowest BCUT2D eigenvalue weighted by molar-refractivity contribution is -0.116. The Balaban J connectivity index is 2.08. The first-order chi connectivity index (χ1) is 9.65. The number of carbonyl (C=O) groups excluding carboxylic acids is 1. The molecule has 1 aromatic rings. The van der Waals surface area contributed by atoms with Gasteiger partial charge in [-0.3, -0.25) is 4.79 Å². The van der Waals surface area contributed by atoms with Gasteiger partial charge in [0.25, 0.3) is 0 Å². The Morgan fingerprint density at radius 3 is 2.80 bits per heavy atom. The predicted molar refractivity (Wildman–Crippen MR) is 83.8 cm³/mol. The number of benzene rings is 1. The van der Waals surface area contributed by atoms with E-state index in [2.05, 4.69) is 42.3 Å². The van der Waals surface area contributed by atoms with Crippen LogP contribution in [0.15, 0.2) is 18.2 Å². The van der Waals surface area contributed by atoms with Crippen molar-refractivity contribution in [2.75, 3.05) is 11.9 Å². The van der Waals surface area contributed by atoms with E-state index in [0.717, 1.165) is 11.3 Å². The zero-order valence-electron chi connectivity index (χ0n) is 12.5. The SMILES string of the molecule is CC(=O)CCNc1ccc(C)cc1C#CC1CCCC1. The highest BCUT2D eigenvalue weighted by atomic mass is 16.1. The number of hydrogen-bond donors (Lipinski definition) is 1. The Hall–Kier alpha value is -1.75. The summed E-state index contributed by atoms with van der Waals surface area (Å²) in [5.74, 6) is 7.53. The van der Waals surface area contributed by atoms with Gasteiger partial charge in [0, 0.05) is 30.1 Å². The van der Waals surface area contributed by atoms with E-state index in [1.165, 1.54) is 31.2 Å². The van der Waals surface area contributed by atoms with Crippen molar-refractivity contribution in [3.05, 3.63) is 29.3 Å². The minimum atomic E-state index is 0.211. The van der Waals surface area contributed by atoms with Crippen molar-refractivity contribution in [1.29, 1.82) is 0 Å². The molecule has 0 unspecified atom stereocenters. The number of ketones is 1. The summed E-state index contributed by atoms with van der Waals surface area (Å²) in [6.07, 6.45) is 5.68. The van der Waals surface area contributed by atoms with E-state index in [-0.39, 0.29) is 5.78 Å². The van der Waals surface area contributed by atoms with Crippen LogP contribution in [0.4, 0.5) is 5.69 Å². The van der Waals surface area contributed by atoms with Crippen molar-refractivity contribution in [1.82, 2.24) is 0 Å². The summed E-state index contributed by atoms with van der Waals surface area (Å²) in [6.45, 7) is 4.38. The minimum Gasteiger partial charge on any atom is -0.384 e. The van der Waals surface area contributed by atoms with Crippen LogP contribution in [0.25, 0.3) is 0 Å². The van der Waals surface area contributed by atoms with Crippen LogP contribution < -0.4 is 5.32 Å². The molecule has 1 fully saturated rings. The number of carbonyl (C=O) groups is 1. The second kappa shape index (κ2) is 7.14. The summed E-state index contributed by atoms with van der Waals surface area (Å²) in [5, 5.41) is 3.32. The molecule has 2 rings (SSSR count). The first-order valence-corrected chi connectivity index (χ1v) is 7.50. The molecule has 0 aliphatic heterocycles. The molecule has 2 heteroatoms. The van der Waals surface area contributed by atoms with Gasteiger partial charge in [0.05, 0.1) is 0 Å². The van der Waals surface area contributed by atoms with Crippen LogP contribution in [-0.2, 0) is 4.79 Å². The molecule has 1 aliphatic carbocycles. The third-order valence-electron chi connectivity index (χ3n) is 3.73. The van der Waals surface area contributed by atoms with Gasteiger partial charge in [-0.05, 0) is 44.4 Å². The molecule has 0 heterocycles. The molecular weight excluding hydrogens is 246 g/mol. The normalized spacial score (nSPS) is 14.7. The highest BCUT2D eigenvalue weighted by Gasteiger charge is 2.11. The van der Waals surface area contributed by atoms with Crippen LogP contribution >= 0.6 is 0 Å². The third kappa shape index (κ3) is 4.42. The summed E-state index contributed by atoms with van der Waals surface area (Å²) in [5.41, 5.74) is 3.32. The van der Waals surface area contributed by atoms with Crippen molar-refractivity contribution < 1.29 is 4.79 Å². The van der Waals surface area contributed by atoms with Gasteiger partial charge < -0.3 is 5.32 Å². The summed E-state index contributed by atoms with van der Waals surface area (Å²) < 4.78 is 0. The van der Waals surface area contributed by atoms with Crippen LogP contribution in [0.3, 0.4) is 0 Å². The Bertz CT molecular complexity index is 530. The maximum atomic E-state index is 11.0. The lowest BCUT2D eigenvalue weighted by atomic mass is 10.1. The maximum absolute atomic E-state index is 11.0. The number of hydrogen-bond acceptors (Lipinski definition) is 2. The molecule has 1 saturated carbocycles. The summed E-state index contributed by atoms with van der Waals surface area (Å²) in [7, 11) is 0. The zero-order valence-corrected chi connectivity index (χ0v) is 12.5. The lowest BCUT2D eigenvalue weighted by Crippen LogP contribution is -2.07. The number of Topliss-reactive ketones (excluding diaryl/α,β-unsaturated/α-hetero) is 1. The first kappa shape index (κ1) is 14.7. The smallest absolute Gasteiger partial charge is 0.131 e. The summed E-state index contributed by atoms with van der Waals surface area (Å²) in [4.78, 5) is 11.0. The van der Waals surface area contributed by atoms with Crippen LogP contribution in [0.5, 0.6) is 0 Å². The molecule has 0 radical (unpaired) electrons. The van der Waals surface area contributed by atoms with Gasteiger partial charge in [0.2, 0.25) is 0 Å². The molecule has 106 valence electrons. The fourth-order valence-electron chi connectivity index (χ4n) is 2.54. The second-order valence-electron chi connectivity index (χ2n) is 5.68. The number of rotatable bonds is 4. The number of anilines is 1. The van der Waals surface area contributed by atoms with E-state index in [9.17, 15) is 4.79 Å². The fraction of sp³-hybridized carbons (Fsp3) is 0.500. The van der Waals surface area contributed by atoms with Crippen molar-refractivity contribution in [2.45, 2.75) is 46.0 Å². The van der Waals surface area contributed by atoms with Gasteiger partial charge in [-0.2, -0.15) is 0 Å². The first-order valence-electron chi connectivity index (χ1n) is 7.50. The molecule has 0 saturated heterocycles. The topological polar surface area (TPSA) is 29.1 Å². The molecule has 0 aromatic heterocycles. The summed E-state index contributed by atoms with van der Waals surface area (Å²) >= 11 is 0. The average Bonchev–Trinajstić information content (AvgIpc) is 2.91. The molecule has 0 spiro atoms. The van der Waals surface area contributed by atoms with Crippen molar-refractivity contribution in [3.63, 3.8) is 0 Å². The minimum absolute atomic E-state index is 0.211. The molecule has 20 heavy (non-hydrogen) atoms. The largest absolute Gasteiger partial charge is 0.384 e. The fourth-order valence-corrected chi connectivity index (χ4v) is 2.54. The lowest BCUT2D eigenvalue weighted by Gasteiger charge is -2.09. The Labute approximate surface area is 122 Å². The van der Waals surface area contributed by atoms with Gasteiger partial charge in [0.1, 0.15) is 5.78 Å². The van der Waals surface area contributed by atoms with Crippen molar-refractivity contribution >= 4 is 11.5 Å². The second-order valence-corrected chi connectivity index (χ2v) is 5.68. The van der Waals surface area contributed by atoms with Gasteiger partial charge in [-0.15, -0.1) is 0 Å². The van der Waals surface area contributed by atoms with E-state index in [4.69, 9.17) is 0 Å². The molecular formula is C18H23NO. The monoisotopic (exact) mass is 269 g/mol. The Morgan fingerprint density at radius 1 is 1.35 bits per heavy atom. The third-order valence-corrected chi connectivity index (χ3v) is 3.73. The van der Waals surface area contributed by atoms with Crippen LogP contribution in [-0.4, -0.2) is 12.3 Å². The van der Waals surface area contributed by atoms with Crippen molar-refractivity contribution in [2.24, 2.45) is 5.92 Å². The highest BCUT2D eigenvalue weighted by molar-refractivity contribution is 5.76. The van der Waals surface area contributed by atoms with Gasteiger partial charge >= 0.3 is 0 Å². The maximum Gasteiger partial charge on any atom is 0.131 e. The highest BCUT2D eigenvalue weighted by Crippen LogP contribution is 2.24. The van der Waals surface area contributed by atoms with Crippen LogP contribution in [0.2, 0.25) is 0 Å². The molecule has 0 amide bonds. The van der Waals surface area contributed by atoms with Gasteiger partial charge in [-0.1, -0.05) is 30.7 Å². The average molecular weight is 269 g/mol.